The molecule has 0 aliphatic carbocycles. The minimum Gasteiger partial charge on any atom is -0.462 e. The third-order valence-electron chi connectivity index (χ3n) is 14.1. The van der Waals surface area contributed by atoms with Gasteiger partial charge in [0.1, 0.15) is 13.2 Å². The van der Waals surface area contributed by atoms with Crippen molar-refractivity contribution in [3.05, 3.63) is 0 Å². The van der Waals surface area contributed by atoms with Gasteiger partial charge in [-0.05, 0) is 19.3 Å². The second kappa shape index (κ2) is 57.0. The van der Waals surface area contributed by atoms with Gasteiger partial charge in [-0.15, -0.1) is 0 Å². The molecule has 0 aliphatic rings. The molecule has 0 radical (unpaired) electrons. The molecule has 0 N–H and O–H groups in total. The first-order valence-electron chi connectivity index (χ1n) is 30.5. The van der Waals surface area contributed by atoms with Crippen molar-refractivity contribution >= 4 is 17.9 Å². The van der Waals surface area contributed by atoms with E-state index in [0.717, 1.165) is 57.8 Å². The minimum absolute atomic E-state index is 0.0620. The third-order valence-corrected chi connectivity index (χ3v) is 14.1. The van der Waals surface area contributed by atoms with Gasteiger partial charge >= 0.3 is 17.9 Å². The van der Waals surface area contributed by atoms with E-state index in [1.807, 2.05) is 0 Å². The van der Waals surface area contributed by atoms with E-state index < -0.39 is 6.10 Å². The number of hydrogen-bond acceptors (Lipinski definition) is 6. The van der Waals surface area contributed by atoms with Crippen molar-refractivity contribution in [3.8, 4) is 0 Å². The molecule has 0 saturated heterocycles. The Hall–Kier alpha value is -1.59. The highest BCUT2D eigenvalue weighted by atomic mass is 16.6. The van der Waals surface area contributed by atoms with Crippen LogP contribution in [0.4, 0.5) is 0 Å². The summed E-state index contributed by atoms with van der Waals surface area (Å²) >= 11 is 0. The van der Waals surface area contributed by atoms with Crippen molar-refractivity contribution in [1.82, 2.24) is 0 Å². The van der Waals surface area contributed by atoms with Crippen molar-refractivity contribution in [2.75, 3.05) is 13.2 Å². The molecule has 0 aromatic heterocycles. The normalized spacial score (nSPS) is 11.9. The van der Waals surface area contributed by atoms with Crippen LogP contribution >= 0.6 is 0 Å². The lowest BCUT2D eigenvalue weighted by Crippen LogP contribution is -2.30. The van der Waals surface area contributed by atoms with Gasteiger partial charge in [0.05, 0.1) is 0 Å². The fourth-order valence-electron chi connectivity index (χ4n) is 9.51. The van der Waals surface area contributed by atoms with Crippen LogP contribution in [0.15, 0.2) is 0 Å². The predicted octanol–water partition coefficient (Wildman–Crippen LogP) is 20.3. The smallest absolute Gasteiger partial charge is 0.306 e. The highest BCUT2D eigenvalue weighted by molar-refractivity contribution is 5.71. The van der Waals surface area contributed by atoms with Gasteiger partial charge in [-0.3, -0.25) is 14.4 Å². The lowest BCUT2D eigenvalue weighted by Gasteiger charge is -2.18. The van der Waals surface area contributed by atoms with Crippen LogP contribution in [0.5, 0.6) is 0 Å². The fourth-order valence-corrected chi connectivity index (χ4v) is 9.51. The molecule has 6 heteroatoms. The molecule has 0 aliphatic heterocycles. The first kappa shape index (κ1) is 65.4. The molecule has 398 valence electrons. The van der Waals surface area contributed by atoms with Crippen LogP contribution < -0.4 is 0 Å². The van der Waals surface area contributed by atoms with Crippen molar-refractivity contribution in [2.24, 2.45) is 0 Å². The average Bonchev–Trinajstić information content (AvgIpc) is 3.33. The van der Waals surface area contributed by atoms with Gasteiger partial charge in [0, 0.05) is 19.3 Å². The molecule has 0 saturated carbocycles. The van der Waals surface area contributed by atoms with Gasteiger partial charge in [0.15, 0.2) is 6.10 Å². The quantitative estimate of drug-likeness (QED) is 0.0343. The maximum absolute atomic E-state index is 12.7. The Bertz CT molecular complexity index is 998. The molecule has 0 bridgehead atoms. The zero-order valence-corrected chi connectivity index (χ0v) is 45.7. The van der Waals surface area contributed by atoms with Crippen LogP contribution in [0.3, 0.4) is 0 Å². The average molecular weight is 948 g/mol. The summed E-state index contributed by atoms with van der Waals surface area (Å²) < 4.78 is 16.8. The van der Waals surface area contributed by atoms with E-state index >= 15 is 0 Å². The van der Waals surface area contributed by atoms with E-state index in [4.69, 9.17) is 14.2 Å². The monoisotopic (exact) mass is 947 g/mol. The van der Waals surface area contributed by atoms with Crippen LogP contribution in [-0.4, -0.2) is 37.2 Å². The van der Waals surface area contributed by atoms with Crippen LogP contribution in [0.1, 0.15) is 355 Å². The number of rotatable bonds is 57. The predicted molar refractivity (Wildman–Crippen MR) is 289 cm³/mol. The van der Waals surface area contributed by atoms with Gasteiger partial charge in [0.2, 0.25) is 0 Å². The van der Waals surface area contributed by atoms with Crippen molar-refractivity contribution in [3.63, 3.8) is 0 Å². The van der Waals surface area contributed by atoms with E-state index in [1.165, 1.54) is 257 Å². The Morgan fingerprint density at radius 3 is 0.597 bits per heavy atom. The van der Waals surface area contributed by atoms with Crippen LogP contribution in [0.2, 0.25) is 0 Å². The maximum Gasteiger partial charge on any atom is 0.306 e. The van der Waals surface area contributed by atoms with Gasteiger partial charge in [-0.25, -0.2) is 0 Å². The Balaban J connectivity index is 3.93. The number of esters is 3. The van der Waals surface area contributed by atoms with E-state index in [1.54, 1.807) is 0 Å². The highest BCUT2D eigenvalue weighted by Crippen LogP contribution is 2.18. The largest absolute Gasteiger partial charge is 0.462 e. The summed E-state index contributed by atoms with van der Waals surface area (Å²) in [6.07, 6.45) is 64.3. The summed E-state index contributed by atoms with van der Waals surface area (Å²) in [5.74, 6) is -0.843. The van der Waals surface area contributed by atoms with Crippen molar-refractivity contribution in [2.45, 2.75) is 361 Å². The molecule has 1 atom stereocenters. The molecular formula is C61H118O6. The van der Waals surface area contributed by atoms with Gasteiger partial charge in [-0.1, -0.05) is 316 Å². The first-order valence-corrected chi connectivity index (χ1v) is 30.5. The fraction of sp³-hybridized carbons (Fsp3) is 0.951. The maximum atomic E-state index is 12.7. The number of carbonyl (C=O) groups excluding carboxylic acids is 3. The molecule has 0 amide bonds. The van der Waals surface area contributed by atoms with E-state index in [-0.39, 0.29) is 31.1 Å². The van der Waals surface area contributed by atoms with Crippen molar-refractivity contribution < 1.29 is 28.6 Å². The molecule has 6 nitrogen and oxygen atoms in total. The van der Waals surface area contributed by atoms with Gasteiger partial charge < -0.3 is 14.2 Å². The standard InChI is InChI=1S/C61H118O6/c1-4-7-10-13-16-19-21-22-23-24-25-26-27-28-29-30-31-32-33-34-35-36-37-38-39-40-43-45-48-51-54-60(63)66-57-58(56-65-59(62)53-50-47-44-41-18-15-12-9-6-3)67-61(64)55-52-49-46-42-20-17-14-11-8-5-2/h58H,4-57H2,1-3H3. The van der Waals surface area contributed by atoms with Gasteiger partial charge in [-0.2, -0.15) is 0 Å². The molecule has 0 aromatic carbocycles. The summed E-state index contributed by atoms with van der Waals surface area (Å²) in [6.45, 7) is 6.66. The molecule has 1 unspecified atom stereocenters. The zero-order chi connectivity index (χ0) is 48.6. The number of ether oxygens (including phenoxy) is 3. The zero-order valence-electron chi connectivity index (χ0n) is 45.7. The van der Waals surface area contributed by atoms with Gasteiger partial charge in [0.25, 0.3) is 0 Å². The highest BCUT2D eigenvalue weighted by Gasteiger charge is 2.19. The summed E-state index contributed by atoms with van der Waals surface area (Å²) in [7, 11) is 0. The Labute approximate surface area is 418 Å². The molecule has 0 heterocycles. The summed E-state index contributed by atoms with van der Waals surface area (Å²) in [6, 6.07) is 0. The second-order valence-electron chi connectivity index (χ2n) is 21.0. The minimum atomic E-state index is -0.759. The number of unbranched alkanes of at least 4 members (excludes halogenated alkanes) is 46. The summed E-state index contributed by atoms with van der Waals surface area (Å²) in [5.41, 5.74) is 0. The van der Waals surface area contributed by atoms with E-state index in [0.29, 0.717) is 19.3 Å². The van der Waals surface area contributed by atoms with Crippen LogP contribution in [0.25, 0.3) is 0 Å². The lowest BCUT2D eigenvalue weighted by atomic mass is 10.0. The van der Waals surface area contributed by atoms with Crippen LogP contribution in [0, 0.1) is 0 Å². The Morgan fingerprint density at radius 2 is 0.403 bits per heavy atom. The van der Waals surface area contributed by atoms with Crippen molar-refractivity contribution in [1.29, 1.82) is 0 Å². The Morgan fingerprint density at radius 1 is 0.239 bits per heavy atom. The van der Waals surface area contributed by atoms with E-state index in [2.05, 4.69) is 20.8 Å². The van der Waals surface area contributed by atoms with E-state index in [9.17, 15) is 14.4 Å². The summed E-state index contributed by atoms with van der Waals surface area (Å²) in [4.78, 5) is 37.9. The van der Waals surface area contributed by atoms with Crippen LogP contribution in [-0.2, 0) is 28.6 Å². The SMILES string of the molecule is CCCCCCCCCCCCCCCCCCCCCCCCCCCCCCCCC(=O)OCC(COC(=O)CCCCCCCCCCC)OC(=O)CCCCCCCCCCCC. The number of hydrogen-bond donors (Lipinski definition) is 0. The molecule has 0 spiro atoms. The number of carbonyl (C=O) groups is 3. The lowest BCUT2D eigenvalue weighted by molar-refractivity contribution is -0.167. The third kappa shape index (κ3) is 55.2. The summed E-state index contributed by atoms with van der Waals surface area (Å²) in [5, 5.41) is 0. The topological polar surface area (TPSA) is 78.9 Å². The molecule has 0 aromatic rings. The molecular weight excluding hydrogens is 829 g/mol. The Kier molecular flexibility index (Phi) is 55.6. The molecule has 67 heavy (non-hydrogen) atoms. The first-order chi connectivity index (χ1) is 33.0. The molecule has 0 rings (SSSR count). The second-order valence-corrected chi connectivity index (χ2v) is 21.0. The molecule has 0 fully saturated rings.